The average molecular weight is 539 g/mol. The van der Waals surface area contributed by atoms with Crippen LogP contribution in [0.15, 0.2) is 12.1 Å². The van der Waals surface area contributed by atoms with E-state index in [9.17, 15) is 9.59 Å². The standard InChI is InChI=1S/C21H33ClN4O3.C5H12O.C2H2/c1-4-25(14-27)8-5-15(2)13-26-9-6-16(7-10-26)24-21(28)17-11-18(22)19(23)12-20(17)29-3;1-3-5-6-4-2;1-2/h11-12,14-16H,4-10,13,23H2,1-3H3,(H,24,28);3-5H2,1-2H3;1-2H. The highest BCUT2D eigenvalue weighted by Gasteiger charge is 2.24. The van der Waals surface area contributed by atoms with E-state index in [1.807, 2.05) is 13.8 Å². The molecular formula is C28H47ClN4O4. The molecule has 2 rings (SSSR count). The van der Waals surface area contributed by atoms with Crippen molar-refractivity contribution < 1.29 is 19.1 Å². The van der Waals surface area contributed by atoms with Gasteiger partial charge in [-0.25, -0.2) is 0 Å². The average Bonchev–Trinajstić information content (AvgIpc) is 2.91. The fraction of sp³-hybridized carbons (Fsp3) is 0.643. The smallest absolute Gasteiger partial charge is 0.255 e. The summed E-state index contributed by atoms with van der Waals surface area (Å²) in [4.78, 5) is 27.8. The Bertz CT molecular complexity index is 794. The second-order valence-electron chi connectivity index (χ2n) is 8.95. The second kappa shape index (κ2) is 20.6. The number of likely N-dealkylation sites (tertiary alicyclic amines) is 1. The van der Waals surface area contributed by atoms with Gasteiger partial charge < -0.3 is 30.3 Å². The summed E-state index contributed by atoms with van der Waals surface area (Å²) in [7, 11) is 1.51. The molecule has 0 saturated carbocycles. The summed E-state index contributed by atoms with van der Waals surface area (Å²) >= 11 is 6.07. The van der Waals surface area contributed by atoms with Gasteiger partial charge in [-0.2, -0.15) is 0 Å². The van der Waals surface area contributed by atoms with Crippen LogP contribution in [-0.2, 0) is 9.53 Å². The van der Waals surface area contributed by atoms with Crippen molar-refractivity contribution in [2.75, 3.05) is 58.8 Å². The monoisotopic (exact) mass is 538 g/mol. The lowest BCUT2D eigenvalue weighted by atomic mass is 10.0. The van der Waals surface area contributed by atoms with Crippen LogP contribution < -0.4 is 15.8 Å². The lowest BCUT2D eigenvalue weighted by molar-refractivity contribution is -0.118. The molecule has 1 atom stereocenters. The summed E-state index contributed by atoms with van der Waals surface area (Å²) in [5.74, 6) is 0.757. The third-order valence-corrected chi connectivity index (χ3v) is 6.40. The zero-order chi connectivity index (χ0) is 28.2. The van der Waals surface area contributed by atoms with Gasteiger partial charge in [-0.05, 0) is 51.5 Å². The van der Waals surface area contributed by atoms with E-state index in [0.29, 0.717) is 27.9 Å². The van der Waals surface area contributed by atoms with Crippen LogP contribution in [0.4, 0.5) is 5.69 Å². The molecule has 0 aromatic heterocycles. The van der Waals surface area contributed by atoms with Crippen molar-refractivity contribution in [1.82, 2.24) is 15.1 Å². The molecule has 9 heteroatoms. The molecule has 3 N–H and O–H groups in total. The molecule has 1 fully saturated rings. The first-order valence-corrected chi connectivity index (χ1v) is 13.4. The number of nitrogens with one attached hydrogen (secondary N) is 1. The molecule has 1 aromatic rings. The molecule has 0 aliphatic carbocycles. The van der Waals surface area contributed by atoms with Gasteiger partial charge in [0.15, 0.2) is 0 Å². The normalized spacial score (nSPS) is 14.3. The molecule has 1 unspecified atom stereocenters. The zero-order valence-corrected chi connectivity index (χ0v) is 24.1. The highest BCUT2D eigenvalue weighted by molar-refractivity contribution is 6.33. The molecule has 0 radical (unpaired) electrons. The fourth-order valence-electron chi connectivity index (χ4n) is 3.93. The van der Waals surface area contributed by atoms with Crippen molar-refractivity contribution in [1.29, 1.82) is 0 Å². The number of methoxy groups -OCH3 is 1. The van der Waals surface area contributed by atoms with Gasteiger partial charge >= 0.3 is 0 Å². The Morgan fingerprint density at radius 3 is 2.43 bits per heavy atom. The van der Waals surface area contributed by atoms with Gasteiger partial charge in [-0.3, -0.25) is 9.59 Å². The number of halogens is 1. The van der Waals surface area contributed by atoms with E-state index in [-0.39, 0.29) is 11.9 Å². The Kier molecular flexibility index (Phi) is 19.2. The number of nitrogen functional groups attached to an aromatic ring is 1. The molecule has 210 valence electrons. The third-order valence-electron chi connectivity index (χ3n) is 6.07. The summed E-state index contributed by atoms with van der Waals surface area (Å²) in [6, 6.07) is 3.26. The van der Waals surface area contributed by atoms with Crippen LogP contribution in [0, 0.1) is 18.8 Å². The quantitative estimate of drug-likeness (QED) is 0.168. The van der Waals surface area contributed by atoms with E-state index in [0.717, 1.165) is 78.0 Å². The van der Waals surface area contributed by atoms with Crippen LogP contribution in [-0.4, -0.2) is 81.2 Å². The first-order chi connectivity index (χ1) is 17.8. The SMILES string of the molecule is C#C.CCCOCC.CCN(C=O)CCC(C)CN1CCC(NC(=O)c2cc(Cl)c(N)cc2OC)CC1. The van der Waals surface area contributed by atoms with Gasteiger partial charge in [-0.1, -0.05) is 25.4 Å². The largest absolute Gasteiger partial charge is 0.496 e. The lowest BCUT2D eigenvalue weighted by Crippen LogP contribution is -2.45. The van der Waals surface area contributed by atoms with Gasteiger partial charge in [0.05, 0.1) is 23.4 Å². The van der Waals surface area contributed by atoms with Crippen LogP contribution in [0.1, 0.15) is 63.7 Å². The van der Waals surface area contributed by atoms with Crippen molar-refractivity contribution in [3.05, 3.63) is 22.7 Å². The van der Waals surface area contributed by atoms with Crippen molar-refractivity contribution in [3.8, 4) is 18.6 Å². The minimum Gasteiger partial charge on any atom is -0.496 e. The van der Waals surface area contributed by atoms with Crippen molar-refractivity contribution in [2.45, 2.75) is 59.4 Å². The van der Waals surface area contributed by atoms with Crippen LogP contribution >= 0.6 is 11.6 Å². The van der Waals surface area contributed by atoms with Crippen molar-refractivity contribution in [2.24, 2.45) is 5.92 Å². The van der Waals surface area contributed by atoms with E-state index in [1.54, 1.807) is 17.0 Å². The number of benzene rings is 1. The number of hydrogen-bond acceptors (Lipinski definition) is 6. The Hall–Kier alpha value is -2.47. The van der Waals surface area contributed by atoms with Crippen molar-refractivity contribution >= 4 is 29.6 Å². The number of carbonyl (C=O) groups excluding carboxylic acids is 2. The number of piperidine rings is 1. The summed E-state index contributed by atoms with van der Waals surface area (Å²) < 4.78 is 10.3. The maximum absolute atomic E-state index is 12.7. The molecule has 1 aromatic carbocycles. The van der Waals surface area contributed by atoms with E-state index in [1.165, 1.54) is 7.11 Å². The van der Waals surface area contributed by atoms with Gasteiger partial charge in [-0.15, -0.1) is 12.8 Å². The van der Waals surface area contributed by atoms with Crippen LogP contribution in [0.25, 0.3) is 0 Å². The minimum atomic E-state index is -0.191. The van der Waals surface area contributed by atoms with Crippen LogP contribution in [0.2, 0.25) is 5.02 Å². The summed E-state index contributed by atoms with van der Waals surface area (Å²) in [6.45, 7) is 14.6. The molecule has 37 heavy (non-hydrogen) atoms. The molecule has 0 bridgehead atoms. The molecule has 1 aliphatic rings. The van der Waals surface area contributed by atoms with Crippen molar-refractivity contribution in [3.63, 3.8) is 0 Å². The number of carbonyl (C=O) groups is 2. The molecule has 1 saturated heterocycles. The first-order valence-electron chi connectivity index (χ1n) is 13.1. The van der Waals surface area contributed by atoms with E-state index < -0.39 is 0 Å². The summed E-state index contributed by atoms with van der Waals surface area (Å²) in [5, 5.41) is 3.44. The number of nitrogens with two attached hydrogens (primary N) is 1. The molecule has 0 spiro atoms. The first kappa shape index (κ1) is 34.5. The van der Waals surface area contributed by atoms with Gasteiger partial charge in [0.2, 0.25) is 6.41 Å². The highest BCUT2D eigenvalue weighted by Crippen LogP contribution is 2.29. The molecule has 2 amide bonds. The van der Waals surface area contributed by atoms with Gasteiger partial charge in [0.1, 0.15) is 5.75 Å². The Morgan fingerprint density at radius 2 is 1.95 bits per heavy atom. The maximum atomic E-state index is 12.7. The van der Waals surface area contributed by atoms with E-state index in [4.69, 9.17) is 26.8 Å². The van der Waals surface area contributed by atoms with E-state index in [2.05, 4.69) is 36.9 Å². The third kappa shape index (κ3) is 13.6. The lowest BCUT2D eigenvalue weighted by Gasteiger charge is -2.34. The molecular weight excluding hydrogens is 492 g/mol. The number of terminal acetylenes is 1. The number of ether oxygens (including phenoxy) is 2. The minimum absolute atomic E-state index is 0.126. The number of nitrogens with zero attached hydrogens (tertiary/aromatic N) is 2. The molecule has 8 nitrogen and oxygen atoms in total. The zero-order valence-electron chi connectivity index (χ0n) is 23.3. The maximum Gasteiger partial charge on any atom is 0.255 e. The van der Waals surface area contributed by atoms with E-state index >= 15 is 0 Å². The Morgan fingerprint density at radius 1 is 1.30 bits per heavy atom. The summed E-state index contributed by atoms with van der Waals surface area (Å²) in [6.07, 6.45) is 12.9. The van der Waals surface area contributed by atoms with Gasteiger partial charge in [0, 0.05) is 58.0 Å². The highest BCUT2D eigenvalue weighted by atomic mass is 35.5. The number of rotatable bonds is 13. The predicted molar refractivity (Wildman–Crippen MR) is 153 cm³/mol. The molecule has 1 aliphatic heterocycles. The van der Waals surface area contributed by atoms with Crippen LogP contribution in [0.3, 0.4) is 0 Å². The predicted octanol–water partition coefficient (Wildman–Crippen LogP) is 4.31. The number of anilines is 1. The fourth-order valence-corrected chi connectivity index (χ4v) is 4.09. The van der Waals surface area contributed by atoms with Crippen LogP contribution in [0.5, 0.6) is 5.75 Å². The topological polar surface area (TPSA) is 97.1 Å². The molecule has 1 heterocycles. The Labute approximate surface area is 229 Å². The summed E-state index contributed by atoms with van der Waals surface area (Å²) in [5.41, 5.74) is 6.58. The second-order valence-corrected chi connectivity index (χ2v) is 9.35. The number of hydrogen-bond donors (Lipinski definition) is 2. The Balaban J connectivity index is 0.00000142. The van der Waals surface area contributed by atoms with Gasteiger partial charge in [0.25, 0.3) is 5.91 Å². The number of amides is 2.